The first-order valence-corrected chi connectivity index (χ1v) is 8.92. The van der Waals surface area contributed by atoms with Gasteiger partial charge in [0.2, 0.25) is 5.13 Å². The Hall–Kier alpha value is -1.66. The van der Waals surface area contributed by atoms with E-state index in [2.05, 4.69) is 19.9 Å². The van der Waals surface area contributed by atoms with E-state index in [1.807, 2.05) is 6.92 Å². The third-order valence-electron chi connectivity index (χ3n) is 2.20. The van der Waals surface area contributed by atoms with Crippen LogP contribution in [0.2, 0.25) is 0 Å². The van der Waals surface area contributed by atoms with Gasteiger partial charge in [-0.25, -0.2) is 4.98 Å². The molecule has 2 aromatic heterocycles. The largest absolute Gasteiger partial charge is 0.481 e. The normalized spacial score (nSPS) is 11.5. The Balaban J connectivity index is 2.08. The van der Waals surface area contributed by atoms with Crippen LogP contribution < -0.4 is 4.72 Å². The Morgan fingerprint density at radius 3 is 2.90 bits per heavy atom. The SMILES string of the molecule is CCn1cnc(S(=O)(=O)Nc2nnc(SCC(=O)O)s2)c1. The average Bonchev–Trinajstić information content (AvgIpc) is 3.04. The smallest absolute Gasteiger partial charge is 0.313 e. The van der Waals surface area contributed by atoms with Gasteiger partial charge in [-0.15, -0.1) is 10.2 Å². The number of anilines is 1. The summed E-state index contributed by atoms with van der Waals surface area (Å²) >= 11 is 1.93. The lowest BCUT2D eigenvalue weighted by molar-refractivity contribution is -0.133. The van der Waals surface area contributed by atoms with Crippen LogP contribution in [0.15, 0.2) is 21.9 Å². The maximum absolute atomic E-state index is 12.1. The van der Waals surface area contributed by atoms with Crippen molar-refractivity contribution in [2.45, 2.75) is 22.8 Å². The van der Waals surface area contributed by atoms with Crippen molar-refractivity contribution in [2.75, 3.05) is 10.5 Å². The van der Waals surface area contributed by atoms with Gasteiger partial charge in [0.1, 0.15) is 0 Å². The first-order chi connectivity index (χ1) is 9.90. The van der Waals surface area contributed by atoms with E-state index < -0.39 is 16.0 Å². The Morgan fingerprint density at radius 2 is 2.29 bits per heavy atom. The van der Waals surface area contributed by atoms with E-state index in [4.69, 9.17) is 5.11 Å². The maximum atomic E-state index is 12.1. The highest BCUT2D eigenvalue weighted by molar-refractivity contribution is 8.01. The van der Waals surface area contributed by atoms with Crippen LogP contribution in [0, 0.1) is 0 Å². The van der Waals surface area contributed by atoms with E-state index in [0.29, 0.717) is 10.9 Å². The van der Waals surface area contributed by atoms with Crippen molar-refractivity contribution in [1.82, 2.24) is 19.7 Å². The van der Waals surface area contributed by atoms with E-state index in [1.54, 1.807) is 4.57 Å². The van der Waals surface area contributed by atoms with Gasteiger partial charge in [0.05, 0.1) is 12.1 Å². The fourth-order valence-corrected chi connectivity index (χ4v) is 3.91. The van der Waals surface area contributed by atoms with Crippen LogP contribution in [0.5, 0.6) is 0 Å². The van der Waals surface area contributed by atoms with Gasteiger partial charge in [-0.3, -0.25) is 9.52 Å². The molecule has 0 aliphatic heterocycles. The monoisotopic (exact) mass is 349 g/mol. The van der Waals surface area contributed by atoms with Gasteiger partial charge < -0.3 is 9.67 Å². The quantitative estimate of drug-likeness (QED) is 0.700. The molecule has 21 heavy (non-hydrogen) atoms. The highest BCUT2D eigenvalue weighted by Crippen LogP contribution is 2.26. The fourth-order valence-electron chi connectivity index (χ4n) is 1.25. The predicted molar refractivity (Wildman–Crippen MR) is 77.0 cm³/mol. The molecule has 0 radical (unpaired) electrons. The Bertz CT molecular complexity index is 738. The second-order valence-electron chi connectivity index (χ2n) is 3.70. The standard InChI is InChI=1S/C9H11N5O4S3/c1-2-14-3-6(10-5-14)21(17,18)13-8-11-12-9(20-8)19-4-7(15)16/h3,5H,2,4H2,1H3,(H,11,13)(H,15,16). The highest BCUT2D eigenvalue weighted by atomic mass is 32.2. The summed E-state index contributed by atoms with van der Waals surface area (Å²) in [6.45, 7) is 2.47. The summed E-state index contributed by atoms with van der Waals surface area (Å²) in [5, 5.41) is 15.9. The van der Waals surface area contributed by atoms with Gasteiger partial charge in [0.25, 0.3) is 10.0 Å². The number of hydrogen-bond acceptors (Lipinski definition) is 8. The number of nitrogens with one attached hydrogen (secondary N) is 1. The number of carboxylic acids is 1. The first kappa shape index (κ1) is 15.7. The van der Waals surface area contributed by atoms with E-state index >= 15 is 0 Å². The molecule has 0 spiro atoms. The zero-order valence-corrected chi connectivity index (χ0v) is 13.2. The van der Waals surface area contributed by atoms with Crippen LogP contribution in [-0.4, -0.2) is 45.0 Å². The number of carbonyl (C=O) groups is 1. The molecular formula is C9H11N5O4S3. The zero-order chi connectivity index (χ0) is 15.5. The summed E-state index contributed by atoms with van der Waals surface area (Å²) in [4.78, 5) is 14.2. The molecule has 114 valence electrons. The van der Waals surface area contributed by atoms with E-state index in [-0.39, 0.29) is 15.9 Å². The van der Waals surface area contributed by atoms with E-state index in [1.165, 1.54) is 12.5 Å². The summed E-state index contributed by atoms with van der Waals surface area (Å²) in [5.41, 5.74) is 0. The van der Waals surface area contributed by atoms with Crippen LogP contribution in [0.3, 0.4) is 0 Å². The predicted octanol–water partition coefficient (Wildman–Crippen LogP) is 0.732. The second-order valence-corrected chi connectivity index (χ2v) is 7.53. The van der Waals surface area contributed by atoms with Crippen molar-refractivity contribution < 1.29 is 18.3 Å². The van der Waals surface area contributed by atoms with Gasteiger partial charge in [-0.2, -0.15) is 8.42 Å². The van der Waals surface area contributed by atoms with Gasteiger partial charge >= 0.3 is 5.97 Å². The van der Waals surface area contributed by atoms with Crippen LogP contribution in [-0.2, 0) is 21.4 Å². The van der Waals surface area contributed by atoms with Crippen molar-refractivity contribution >= 4 is 44.2 Å². The molecule has 0 atom stereocenters. The minimum Gasteiger partial charge on any atom is -0.481 e. The molecule has 0 bridgehead atoms. The molecule has 2 aromatic rings. The Labute approximate surface area is 128 Å². The van der Waals surface area contributed by atoms with Crippen LogP contribution in [0.4, 0.5) is 5.13 Å². The minimum absolute atomic E-state index is 0.0638. The number of aromatic nitrogens is 4. The van der Waals surface area contributed by atoms with Gasteiger partial charge in [0.15, 0.2) is 9.37 Å². The number of nitrogens with zero attached hydrogens (tertiary/aromatic N) is 4. The van der Waals surface area contributed by atoms with Crippen LogP contribution in [0.1, 0.15) is 6.92 Å². The number of aliphatic carboxylic acids is 1. The molecule has 0 unspecified atom stereocenters. The summed E-state index contributed by atoms with van der Waals surface area (Å²) in [5.74, 6) is -1.15. The van der Waals surface area contributed by atoms with Gasteiger partial charge in [-0.05, 0) is 6.92 Å². The van der Waals surface area contributed by atoms with E-state index in [9.17, 15) is 13.2 Å². The number of thioether (sulfide) groups is 1. The molecule has 9 nitrogen and oxygen atoms in total. The molecule has 2 rings (SSSR count). The number of aryl methyl sites for hydroxylation is 1. The molecule has 0 fully saturated rings. The van der Waals surface area contributed by atoms with Crippen molar-refractivity contribution in [3.63, 3.8) is 0 Å². The second kappa shape index (κ2) is 6.41. The maximum Gasteiger partial charge on any atom is 0.313 e. The fraction of sp³-hybridized carbons (Fsp3) is 0.333. The summed E-state index contributed by atoms with van der Waals surface area (Å²) in [6, 6.07) is 0. The minimum atomic E-state index is -3.82. The highest BCUT2D eigenvalue weighted by Gasteiger charge is 2.19. The topological polar surface area (TPSA) is 127 Å². The summed E-state index contributed by atoms with van der Waals surface area (Å²) in [6.07, 6.45) is 2.83. The number of rotatable bonds is 7. The summed E-state index contributed by atoms with van der Waals surface area (Å²) in [7, 11) is -3.82. The van der Waals surface area contributed by atoms with E-state index in [0.717, 1.165) is 23.1 Å². The van der Waals surface area contributed by atoms with Gasteiger partial charge in [0, 0.05) is 12.7 Å². The number of imidazole rings is 1. The molecule has 0 aromatic carbocycles. The van der Waals surface area contributed by atoms with Crippen LogP contribution in [0.25, 0.3) is 0 Å². The zero-order valence-electron chi connectivity index (χ0n) is 10.8. The van der Waals surface area contributed by atoms with Gasteiger partial charge in [-0.1, -0.05) is 23.1 Å². The lowest BCUT2D eigenvalue weighted by atomic mass is 10.7. The Kier molecular flexibility index (Phi) is 4.80. The average molecular weight is 349 g/mol. The molecule has 0 saturated carbocycles. The Morgan fingerprint density at radius 1 is 1.52 bits per heavy atom. The molecule has 12 heteroatoms. The molecule has 0 amide bonds. The summed E-state index contributed by atoms with van der Waals surface area (Å²) < 4.78 is 28.4. The number of hydrogen-bond donors (Lipinski definition) is 2. The first-order valence-electron chi connectivity index (χ1n) is 5.63. The van der Waals surface area contributed by atoms with Crippen molar-refractivity contribution in [3.8, 4) is 0 Å². The lowest BCUT2D eigenvalue weighted by Crippen LogP contribution is -2.13. The van der Waals surface area contributed by atoms with Crippen molar-refractivity contribution in [2.24, 2.45) is 0 Å². The third-order valence-corrected chi connectivity index (χ3v) is 5.51. The molecule has 0 aliphatic rings. The van der Waals surface area contributed by atoms with Crippen molar-refractivity contribution in [1.29, 1.82) is 0 Å². The molecule has 2 N–H and O–H groups in total. The molecular weight excluding hydrogens is 338 g/mol. The molecule has 0 saturated heterocycles. The number of sulfonamides is 1. The van der Waals surface area contributed by atoms with Crippen molar-refractivity contribution in [3.05, 3.63) is 12.5 Å². The third kappa shape index (κ3) is 4.15. The van der Waals surface area contributed by atoms with Crippen LogP contribution >= 0.6 is 23.1 Å². The molecule has 0 aliphatic carbocycles. The number of carboxylic acid groups (broad SMARTS) is 1. The molecule has 2 heterocycles. The lowest BCUT2D eigenvalue weighted by Gasteiger charge is -2.00.